The highest BCUT2D eigenvalue weighted by atomic mass is 79.9. The lowest BCUT2D eigenvalue weighted by atomic mass is 9.98. The Morgan fingerprint density at radius 3 is 2.24 bits per heavy atom. The molecule has 9 heteroatoms. The molecule has 0 bridgehead atoms. The zero-order chi connectivity index (χ0) is 16.0. The SMILES string of the molecule is CC(=O)O[C@H]1[C@@H](O)[C@@H](CO)OC(OCCBr)[C@@H]1OC(C)=O. The number of aliphatic hydroxyl groups excluding tert-OH is 2. The zero-order valence-corrected chi connectivity index (χ0v) is 13.3. The van der Waals surface area contributed by atoms with Crippen molar-refractivity contribution in [1.82, 2.24) is 0 Å². The van der Waals surface area contributed by atoms with Crippen LogP contribution in [0.25, 0.3) is 0 Å². The number of ether oxygens (including phenoxy) is 4. The summed E-state index contributed by atoms with van der Waals surface area (Å²) in [4.78, 5) is 22.4. The minimum Gasteiger partial charge on any atom is -0.455 e. The van der Waals surface area contributed by atoms with E-state index in [0.29, 0.717) is 5.33 Å². The molecular formula is C12H19BrO8. The second-order valence-corrected chi connectivity index (χ2v) is 5.22. The normalized spacial score (nSPS) is 32.5. The molecule has 21 heavy (non-hydrogen) atoms. The summed E-state index contributed by atoms with van der Waals surface area (Å²) in [6, 6.07) is 0. The van der Waals surface area contributed by atoms with Crippen LogP contribution in [-0.4, -0.2) is 71.4 Å². The Labute approximate surface area is 130 Å². The van der Waals surface area contributed by atoms with Crippen LogP contribution in [-0.2, 0) is 28.5 Å². The average molecular weight is 371 g/mol. The molecule has 0 saturated carbocycles. The van der Waals surface area contributed by atoms with E-state index in [4.69, 9.17) is 18.9 Å². The molecule has 0 aromatic carbocycles. The standard InChI is InChI=1S/C12H19BrO8/c1-6(15)19-10-9(17)8(5-14)21-12(18-4-3-13)11(10)20-7(2)16/h8-12,14,17H,3-5H2,1-2H3/t8-,9+,10+,11-,12?/m1/s1. The third-order valence-corrected chi connectivity index (χ3v) is 3.09. The Morgan fingerprint density at radius 2 is 1.76 bits per heavy atom. The summed E-state index contributed by atoms with van der Waals surface area (Å²) in [6.45, 7) is 2.08. The van der Waals surface area contributed by atoms with Crippen LogP contribution in [0.2, 0.25) is 0 Å². The summed E-state index contributed by atoms with van der Waals surface area (Å²) in [7, 11) is 0. The first kappa shape index (κ1) is 18.3. The monoisotopic (exact) mass is 370 g/mol. The zero-order valence-electron chi connectivity index (χ0n) is 11.7. The molecule has 5 atom stereocenters. The van der Waals surface area contributed by atoms with Crippen molar-refractivity contribution in [3.63, 3.8) is 0 Å². The van der Waals surface area contributed by atoms with E-state index in [1.807, 2.05) is 0 Å². The van der Waals surface area contributed by atoms with Crippen molar-refractivity contribution in [2.75, 3.05) is 18.5 Å². The van der Waals surface area contributed by atoms with Gasteiger partial charge in [-0.25, -0.2) is 0 Å². The van der Waals surface area contributed by atoms with Gasteiger partial charge in [-0.05, 0) is 0 Å². The lowest BCUT2D eigenvalue weighted by molar-refractivity contribution is -0.304. The minimum absolute atomic E-state index is 0.240. The quantitative estimate of drug-likeness (QED) is 0.468. The largest absolute Gasteiger partial charge is 0.455 e. The summed E-state index contributed by atoms with van der Waals surface area (Å²) in [5.41, 5.74) is 0. The van der Waals surface area contributed by atoms with Crippen molar-refractivity contribution in [2.45, 2.75) is 44.6 Å². The van der Waals surface area contributed by atoms with Crippen molar-refractivity contribution < 1.29 is 38.7 Å². The number of alkyl halides is 1. The van der Waals surface area contributed by atoms with E-state index in [1.165, 1.54) is 6.92 Å². The van der Waals surface area contributed by atoms with Gasteiger partial charge < -0.3 is 29.2 Å². The van der Waals surface area contributed by atoms with Gasteiger partial charge in [-0.15, -0.1) is 0 Å². The van der Waals surface area contributed by atoms with Gasteiger partial charge in [0.15, 0.2) is 18.5 Å². The first-order chi connectivity index (χ1) is 9.90. The molecular weight excluding hydrogens is 352 g/mol. The summed E-state index contributed by atoms with van der Waals surface area (Å²) in [6.07, 6.45) is -5.72. The molecule has 0 aromatic heterocycles. The molecule has 0 aliphatic carbocycles. The number of halogens is 1. The maximum atomic E-state index is 11.2. The number of hydrogen-bond acceptors (Lipinski definition) is 8. The Bertz CT molecular complexity index is 363. The number of carbonyl (C=O) groups excluding carboxylic acids is 2. The fourth-order valence-corrected chi connectivity index (χ4v) is 2.17. The van der Waals surface area contributed by atoms with Gasteiger partial charge in [0, 0.05) is 19.2 Å². The second kappa shape index (κ2) is 8.64. The number of carbonyl (C=O) groups is 2. The molecule has 0 spiro atoms. The summed E-state index contributed by atoms with van der Waals surface area (Å²) < 4.78 is 20.8. The van der Waals surface area contributed by atoms with Crippen molar-refractivity contribution >= 4 is 27.9 Å². The summed E-state index contributed by atoms with van der Waals surface area (Å²) in [5.74, 6) is -1.29. The van der Waals surface area contributed by atoms with Crippen LogP contribution in [0.15, 0.2) is 0 Å². The van der Waals surface area contributed by atoms with E-state index >= 15 is 0 Å². The number of rotatable bonds is 6. The van der Waals surface area contributed by atoms with Gasteiger partial charge >= 0.3 is 11.9 Å². The number of aliphatic hydroxyl groups is 2. The lowest BCUT2D eigenvalue weighted by Crippen LogP contribution is -2.61. The minimum atomic E-state index is -1.34. The van der Waals surface area contributed by atoms with E-state index in [-0.39, 0.29) is 6.61 Å². The van der Waals surface area contributed by atoms with E-state index in [9.17, 15) is 19.8 Å². The summed E-state index contributed by atoms with van der Waals surface area (Å²) >= 11 is 3.17. The molecule has 1 fully saturated rings. The molecule has 1 rings (SSSR count). The molecule has 0 amide bonds. The third kappa shape index (κ3) is 5.19. The van der Waals surface area contributed by atoms with E-state index < -0.39 is 49.3 Å². The number of esters is 2. The molecule has 1 saturated heterocycles. The third-order valence-electron chi connectivity index (χ3n) is 2.76. The highest BCUT2D eigenvalue weighted by molar-refractivity contribution is 9.09. The second-order valence-electron chi connectivity index (χ2n) is 4.42. The fourth-order valence-electron chi connectivity index (χ4n) is 1.98. The van der Waals surface area contributed by atoms with Gasteiger partial charge in [-0.1, -0.05) is 15.9 Å². The predicted octanol–water partition coefficient (Wildman–Crippen LogP) is -0.661. The Hall–Kier alpha value is -0.740. The van der Waals surface area contributed by atoms with Gasteiger partial charge in [-0.3, -0.25) is 9.59 Å². The molecule has 2 N–H and O–H groups in total. The lowest BCUT2D eigenvalue weighted by Gasteiger charge is -2.42. The van der Waals surface area contributed by atoms with E-state index in [0.717, 1.165) is 6.92 Å². The Kier molecular flexibility index (Phi) is 7.53. The fraction of sp³-hybridized carbons (Fsp3) is 0.833. The van der Waals surface area contributed by atoms with Crippen molar-refractivity contribution in [1.29, 1.82) is 0 Å². The highest BCUT2D eigenvalue weighted by Gasteiger charge is 2.49. The Morgan fingerprint density at radius 1 is 1.19 bits per heavy atom. The van der Waals surface area contributed by atoms with Crippen LogP contribution in [0.5, 0.6) is 0 Å². The average Bonchev–Trinajstić information content (AvgIpc) is 2.41. The molecule has 8 nitrogen and oxygen atoms in total. The van der Waals surface area contributed by atoms with Gasteiger partial charge in [0.05, 0.1) is 13.2 Å². The number of hydrogen-bond donors (Lipinski definition) is 2. The topological polar surface area (TPSA) is 112 Å². The van der Waals surface area contributed by atoms with Crippen molar-refractivity contribution in [3.8, 4) is 0 Å². The van der Waals surface area contributed by atoms with Crippen LogP contribution in [0.1, 0.15) is 13.8 Å². The molecule has 1 heterocycles. The Balaban J connectivity index is 2.97. The summed E-state index contributed by atoms with van der Waals surface area (Å²) in [5, 5.41) is 19.8. The van der Waals surface area contributed by atoms with Crippen molar-refractivity contribution in [3.05, 3.63) is 0 Å². The smallest absolute Gasteiger partial charge is 0.303 e. The van der Waals surface area contributed by atoms with Gasteiger partial charge in [-0.2, -0.15) is 0 Å². The van der Waals surface area contributed by atoms with Crippen LogP contribution < -0.4 is 0 Å². The highest BCUT2D eigenvalue weighted by Crippen LogP contribution is 2.27. The van der Waals surface area contributed by atoms with Crippen LogP contribution in [0.4, 0.5) is 0 Å². The van der Waals surface area contributed by atoms with Crippen molar-refractivity contribution in [2.24, 2.45) is 0 Å². The molecule has 0 radical (unpaired) electrons. The van der Waals surface area contributed by atoms with E-state index in [2.05, 4.69) is 15.9 Å². The first-order valence-electron chi connectivity index (χ1n) is 6.37. The molecule has 1 aliphatic rings. The van der Waals surface area contributed by atoms with Crippen LogP contribution in [0.3, 0.4) is 0 Å². The van der Waals surface area contributed by atoms with Gasteiger partial charge in [0.2, 0.25) is 0 Å². The molecule has 1 unspecified atom stereocenters. The van der Waals surface area contributed by atoms with Gasteiger partial charge in [0.25, 0.3) is 0 Å². The molecule has 1 aliphatic heterocycles. The first-order valence-corrected chi connectivity index (χ1v) is 7.49. The van der Waals surface area contributed by atoms with E-state index in [1.54, 1.807) is 0 Å². The molecule has 0 aromatic rings. The molecule has 122 valence electrons. The van der Waals surface area contributed by atoms with Crippen LogP contribution in [0, 0.1) is 0 Å². The maximum Gasteiger partial charge on any atom is 0.303 e. The van der Waals surface area contributed by atoms with Gasteiger partial charge in [0.1, 0.15) is 12.2 Å². The predicted molar refractivity (Wildman–Crippen MR) is 72.6 cm³/mol. The maximum absolute atomic E-state index is 11.2. The van der Waals surface area contributed by atoms with Crippen LogP contribution >= 0.6 is 15.9 Å².